The summed E-state index contributed by atoms with van der Waals surface area (Å²) in [7, 11) is 1.38. The van der Waals surface area contributed by atoms with Crippen LogP contribution in [0.4, 0.5) is 0 Å². The minimum absolute atomic E-state index is 0.0469. The predicted molar refractivity (Wildman–Crippen MR) is 52.0 cm³/mol. The van der Waals surface area contributed by atoms with Crippen LogP contribution in [-0.4, -0.2) is 29.4 Å². The van der Waals surface area contributed by atoms with Gasteiger partial charge in [0.25, 0.3) is 0 Å². The Morgan fingerprint density at radius 3 is 2.67 bits per heavy atom. The summed E-state index contributed by atoms with van der Waals surface area (Å²) in [6, 6.07) is 4.09. The van der Waals surface area contributed by atoms with E-state index in [0.29, 0.717) is 0 Å². The van der Waals surface area contributed by atoms with Gasteiger partial charge in [-0.3, -0.25) is 0 Å². The Hall–Kier alpha value is -1.75. The number of benzene rings is 1. The number of aromatic hydroxyl groups is 1. The van der Waals surface area contributed by atoms with Crippen molar-refractivity contribution < 1.29 is 24.5 Å². The maximum absolute atomic E-state index is 11.0. The molecule has 1 aromatic rings. The molecule has 0 fully saturated rings. The topological polar surface area (TPSA) is 76.0 Å². The SMILES string of the molecule is COc1cc(OC(=O)C(C)O)ccc1O. The first kappa shape index (κ1) is 11.3. The van der Waals surface area contributed by atoms with Gasteiger partial charge in [0, 0.05) is 6.07 Å². The smallest absolute Gasteiger partial charge is 0.340 e. The average molecular weight is 212 g/mol. The van der Waals surface area contributed by atoms with Crippen LogP contribution in [0.1, 0.15) is 6.92 Å². The van der Waals surface area contributed by atoms with Crippen LogP contribution in [0, 0.1) is 0 Å². The van der Waals surface area contributed by atoms with Crippen molar-refractivity contribution in [1.82, 2.24) is 0 Å². The number of phenols is 1. The third-order valence-electron chi connectivity index (χ3n) is 1.71. The molecule has 15 heavy (non-hydrogen) atoms. The Bertz CT molecular complexity index is 359. The fourth-order valence-corrected chi connectivity index (χ4v) is 0.923. The molecule has 5 nitrogen and oxygen atoms in total. The molecular weight excluding hydrogens is 200 g/mol. The zero-order chi connectivity index (χ0) is 11.4. The molecular formula is C10H12O5. The highest BCUT2D eigenvalue weighted by molar-refractivity contribution is 5.76. The van der Waals surface area contributed by atoms with Crippen molar-refractivity contribution in [3.63, 3.8) is 0 Å². The normalized spacial score (nSPS) is 11.9. The van der Waals surface area contributed by atoms with Gasteiger partial charge in [0.05, 0.1) is 7.11 Å². The molecule has 0 heterocycles. The summed E-state index contributed by atoms with van der Waals surface area (Å²) in [5.74, 6) is -0.404. The van der Waals surface area contributed by atoms with Crippen LogP contribution in [0.2, 0.25) is 0 Å². The lowest BCUT2D eigenvalue weighted by atomic mass is 10.3. The van der Waals surface area contributed by atoms with Gasteiger partial charge in [-0.2, -0.15) is 0 Å². The van der Waals surface area contributed by atoms with Gasteiger partial charge in [0.2, 0.25) is 0 Å². The van der Waals surface area contributed by atoms with Crippen molar-refractivity contribution in [3.05, 3.63) is 18.2 Å². The second kappa shape index (κ2) is 4.65. The highest BCUT2D eigenvalue weighted by Gasteiger charge is 2.12. The van der Waals surface area contributed by atoms with E-state index in [1.807, 2.05) is 0 Å². The second-order valence-corrected chi connectivity index (χ2v) is 2.93. The largest absolute Gasteiger partial charge is 0.504 e. The first-order valence-electron chi connectivity index (χ1n) is 4.31. The molecule has 0 bridgehead atoms. The molecule has 2 N–H and O–H groups in total. The Balaban J connectivity index is 2.83. The molecule has 1 unspecified atom stereocenters. The molecule has 0 amide bonds. The van der Waals surface area contributed by atoms with Gasteiger partial charge in [-0.15, -0.1) is 0 Å². The summed E-state index contributed by atoms with van der Waals surface area (Å²) < 4.78 is 9.62. The Labute approximate surface area is 86.9 Å². The van der Waals surface area contributed by atoms with Crippen molar-refractivity contribution in [1.29, 1.82) is 0 Å². The van der Waals surface area contributed by atoms with E-state index in [1.165, 1.54) is 32.2 Å². The van der Waals surface area contributed by atoms with Gasteiger partial charge in [-0.1, -0.05) is 0 Å². The third-order valence-corrected chi connectivity index (χ3v) is 1.71. The van der Waals surface area contributed by atoms with E-state index in [2.05, 4.69) is 0 Å². The van der Waals surface area contributed by atoms with Crippen LogP contribution >= 0.6 is 0 Å². The Morgan fingerprint density at radius 2 is 2.13 bits per heavy atom. The van der Waals surface area contributed by atoms with Gasteiger partial charge in [0.1, 0.15) is 11.9 Å². The number of esters is 1. The van der Waals surface area contributed by atoms with Gasteiger partial charge < -0.3 is 19.7 Å². The van der Waals surface area contributed by atoms with Gasteiger partial charge in [-0.05, 0) is 19.1 Å². The number of aliphatic hydroxyl groups excluding tert-OH is 1. The number of phenolic OH excluding ortho intramolecular Hbond substituents is 1. The van der Waals surface area contributed by atoms with Crippen molar-refractivity contribution in [2.45, 2.75) is 13.0 Å². The standard InChI is InChI=1S/C10H12O5/c1-6(11)10(13)15-7-3-4-8(12)9(5-7)14-2/h3-6,11-12H,1-2H3. The number of rotatable bonds is 3. The summed E-state index contributed by atoms with van der Waals surface area (Å²) in [6.45, 7) is 1.31. The molecule has 82 valence electrons. The van der Waals surface area contributed by atoms with E-state index in [1.54, 1.807) is 0 Å². The summed E-state index contributed by atoms with van der Waals surface area (Å²) in [4.78, 5) is 11.0. The number of hydrogen-bond acceptors (Lipinski definition) is 5. The zero-order valence-electron chi connectivity index (χ0n) is 8.43. The Morgan fingerprint density at radius 1 is 1.47 bits per heavy atom. The van der Waals surface area contributed by atoms with Gasteiger partial charge in [-0.25, -0.2) is 4.79 Å². The molecule has 1 atom stereocenters. The van der Waals surface area contributed by atoms with Crippen LogP contribution in [0.15, 0.2) is 18.2 Å². The van der Waals surface area contributed by atoms with E-state index < -0.39 is 12.1 Å². The van der Waals surface area contributed by atoms with Gasteiger partial charge >= 0.3 is 5.97 Å². The van der Waals surface area contributed by atoms with E-state index in [9.17, 15) is 9.90 Å². The maximum atomic E-state index is 11.0. The molecule has 5 heteroatoms. The van der Waals surface area contributed by atoms with Gasteiger partial charge in [0.15, 0.2) is 11.5 Å². The molecule has 0 aliphatic rings. The quantitative estimate of drug-likeness (QED) is 0.569. The van der Waals surface area contributed by atoms with Crippen molar-refractivity contribution in [2.24, 2.45) is 0 Å². The molecule has 1 rings (SSSR count). The number of methoxy groups -OCH3 is 1. The average Bonchev–Trinajstić information content (AvgIpc) is 2.20. The zero-order valence-corrected chi connectivity index (χ0v) is 8.43. The van der Waals surface area contributed by atoms with Crippen LogP contribution in [0.5, 0.6) is 17.2 Å². The molecule has 0 aliphatic heterocycles. The number of hydrogen-bond donors (Lipinski definition) is 2. The first-order valence-corrected chi connectivity index (χ1v) is 4.31. The Kier molecular flexibility index (Phi) is 3.51. The molecule has 0 saturated heterocycles. The highest BCUT2D eigenvalue weighted by atomic mass is 16.5. The van der Waals surface area contributed by atoms with E-state index in [-0.39, 0.29) is 17.2 Å². The van der Waals surface area contributed by atoms with E-state index in [4.69, 9.17) is 14.6 Å². The molecule has 0 aliphatic carbocycles. The first-order chi connectivity index (χ1) is 7.04. The van der Waals surface area contributed by atoms with Crippen LogP contribution in [0.25, 0.3) is 0 Å². The lowest BCUT2D eigenvalue weighted by Crippen LogP contribution is -2.22. The maximum Gasteiger partial charge on any atom is 0.340 e. The van der Waals surface area contributed by atoms with Crippen LogP contribution < -0.4 is 9.47 Å². The van der Waals surface area contributed by atoms with E-state index in [0.717, 1.165) is 0 Å². The summed E-state index contributed by atoms with van der Waals surface area (Å²) in [6.07, 6.45) is -1.19. The van der Waals surface area contributed by atoms with Crippen molar-refractivity contribution in [2.75, 3.05) is 7.11 Å². The molecule has 0 aromatic heterocycles. The summed E-state index contributed by atoms with van der Waals surface area (Å²) >= 11 is 0. The number of carbonyl (C=O) groups is 1. The fraction of sp³-hybridized carbons (Fsp3) is 0.300. The highest BCUT2D eigenvalue weighted by Crippen LogP contribution is 2.29. The van der Waals surface area contributed by atoms with Crippen molar-refractivity contribution in [3.8, 4) is 17.2 Å². The third kappa shape index (κ3) is 2.85. The fourth-order valence-electron chi connectivity index (χ4n) is 0.923. The summed E-state index contributed by atoms with van der Waals surface area (Å²) in [5, 5.41) is 18.2. The lowest BCUT2D eigenvalue weighted by Gasteiger charge is -2.08. The molecule has 0 saturated carbocycles. The summed E-state index contributed by atoms with van der Waals surface area (Å²) in [5.41, 5.74) is 0. The molecule has 1 aromatic carbocycles. The lowest BCUT2D eigenvalue weighted by molar-refractivity contribution is -0.142. The van der Waals surface area contributed by atoms with Crippen molar-refractivity contribution >= 4 is 5.97 Å². The van der Waals surface area contributed by atoms with E-state index >= 15 is 0 Å². The minimum atomic E-state index is -1.19. The van der Waals surface area contributed by atoms with Crippen LogP contribution in [0.3, 0.4) is 0 Å². The monoisotopic (exact) mass is 212 g/mol. The number of ether oxygens (including phenoxy) is 2. The number of carbonyl (C=O) groups excluding carboxylic acids is 1. The second-order valence-electron chi connectivity index (χ2n) is 2.93. The number of aliphatic hydroxyl groups is 1. The predicted octanol–water partition coefficient (Wildman–Crippen LogP) is 0.687. The van der Waals surface area contributed by atoms with Crippen LogP contribution in [-0.2, 0) is 4.79 Å². The molecule has 0 spiro atoms. The molecule has 0 radical (unpaired) electrons. The minimum Gasteiger partial charge on any atom is -0.504 e.